The molecule has 0 saturated heterocycles. The molecule has 1 N–H and O–H groups in total. The van der Waals surface area contributed by atoms with Crippen molar-refractivity contribution in [3.05, 3.63) is 18.2 Å². The molecule has 1 aromatic heterocycles. The molecule has 78 valence electrons. The van der Waals surface area contributed by atoms with Gasteiger partial charge in [-0.3, -0.25) is 0 Å². The number of aliphatic hydroxyl groups excluding tert-OH is 1. The second-order valence-corrected chi connectivity index (χ2v) is 4.93. The molecule has 1 aliphatic carbocycles. The third-order valence-electron chi connectivity index (χ3n) is 2.93. The largest absolute Gasteiger partial charge is 0.390 e. The summed E-state index contributed by atoms with van der Waals surface area (Å²) in [6.45, 7) is 0.0473. The van der Waals surface area contributed by atoms with Crippen LogP contribution in [0.3, 0.4) is 0 Å². The Labute approximate surface area is 88.5 Å². The van der Waals surface area contributed by atoms with Crippen LogP contribution in [0.1, 0.15) is 31.0 Å². The van der Waals surface area contributed by atoms with E-state index in [0.29, 0.717) is 6.04 Å². The summed E-state index contributed by atoms with van der Waals surface area (Å²) in [5.74, 6) is 0. The summed E-state index contributed by atoms with van der Waals surface area (Å²) in [7, 11) is 0. The fourth-order valence-corrected chi connectivity index (χ4v) is 2.85. The van der Waals surface area contributed by atoms with Crippen molar-refractivity contribution in [2.45, 2.75) is 37.2 Å². The predicted octanol–water partition coefficient (Wildman–Crippen LogP) is 1.83. The van der Waals surface area contributed by atoms with E-state index in [1.165, 1.54) is 19.3 Å². The van der Waals surface area contributed by atoms with Gasteiger partial charge in [-0.15, -0.1) is 0 Å². The normalized spacial score (nSPS) is 27.0. The van der Waals surface area contributed by atoms with Gasteiger partial charge in [-0.25, -0.2) is 4.98 Å². The molecule has 1 aliphatic rings. The van der Waals surface area contributed by atoms with Gasteiger partial charge in [0, 0.05) is 17.5 Å². The lowest BCUT2D eigenvalue weighted by Gasteiger charge is -2.10. The monoisotopic (exact) mass is 212 g/mol. The van der Waals surface area contributed by atoms with Crippen LogP contribution in [0.25, 0.3) is 0 Å². The average Bonchev–Trinajstić information content (AvgIpc) is 2.86. The molecule has 14 heavy (non-hydrogen) atoms. The molecule has 1 aromatic rings. The zero-order chi connectivity index (χ0) is 9.97. The van der Waals surface area contributed by atoms with Crippen LogP contribution in [0.5, 0.6) is 0 Å². The lowest BCUT2D eigenvalue weighted by atomic mass is 10.2. The third-order valence-corrected chi connectivity index (χ3v) is 4.02. The highest BCUT2D eigenvalue weighted by Gasteiger charge is 2.24. The van der Waals surface area contributed by atoms with E-state index in [-0.39, 0.29) is 6.61 Å². The van der Waals surface area contributed by atoms with Crippen molar-refractivity contribution >= 4 is 11.8 Å². The molecule has 1 heterocycles. The molecule has 4 heteroatoms. The maximum absolute atomic E-state index is 8.91. The number of aromatic nitrogens is 2. The van der Waals surface area contributed by atoms with Gasteiger partial charge in [0.2, 0.25) is 0 Å². The van der Waals surface area contributed by atoms with Crippen LogP contribution in [0.15, 0.2) is 12.5 Å². The van der Waals surface area contributed by atoms with Gasteiger partial charge < -0.3 is 9.67 Å². The Morgan fingerprint density at radius 1 is 1.64 bits per heavy atom. The molecule has 1 fully saturated rings. The molecule has 2 atom stereocenters. The predicted molar refractivity (Wildman–Crippen MR) is 58.3 cm³/mol. The van der Waals surface area contributed by atoms with Crippen molar-refractivity contribution in [2.75, 3.05) is 6.26 Å². The minimum Gasteiger partial charge on any atom is -0.390 e. The van der Waals surface area contributed by atoms with E-state index in [0.717, 1.165) is 10.9 Å². The molecule has 0 aromatic carbocycles. The molecular weight excluding hydrogens is 196 g/mol. The van der Waals surface area contributed by atoms with E-state index in [1.807, 2.05) is 24.3 Å². The summed E-state index contributed by atoms with van der Waals surface area (Å²) in [5.41, 5.74) is 0.776. The lowest BCUT2D eigenvalue weighted by molar-refractivity contribution is 0.277. The van der Waals surface area contributed by atoms with Crippen LogP contribution in [-0.4, -0.2) is 26.2 Å². The molecule has 0 radical (unpaired) electrons. The van der Waals surface area contributed by atoms with Gasteiger partial charge in [0.25, 0.3) is 0 Å². The maximum Gasteiger partial charge on any atom is 0.0953 e. The second kappa shape index (κ2) is 4.36. The van der Waals surface area contributed by atoms with Crippen LogP contribution >= 0.6 is 11.8 Å². The number of hydrogen-bond acceptors (Lipinski definition) is 3. The van der Waals surface area contributed by atoms with Crippen LogP contribution in [0.2, 0.25) is 0 Å². The van der Waals surface area contributed by atoms with Gasteiger partial charge in [0.15, 0.2) is 0 Å². The molecule has 0 spiro atoms. The Kier molecular flexibility index (Phi) is 3.13. The van der Waals surface area contributed by atoms with Crippen LogP contribution in [0.4, 0.5) is 0 Å². The first-order valence-electron chi connectivity index (χ1n) is 4.99. The average molecular weight is 212 g/mol. The molecule has 2 unspecified atom stereocenters. The van der Waals surface area contributed by atoms with Crippen molar-refractivity contribution in [1.82, 2.24) is 9.55 Å². The summed E-state index contributed by atoms with van der Waals surface area (Å²) < 4.78 is 2.15. The van der Waals surface area contributed by atoms with Gasteiger partial charge in [0.05, 0.1) is 18.6 Å². The van der Waals surface area contributed by atoms with E-state index in [2.05, 4.69) is 15.8 Å². The van der Waals surface area contributed by atoms with Crippen molar-refractivity contribution in [3.63, 3.8) is 0 Å². The topological polar surface area (TPSA) is 38.0 Å². The number of nitrogens with zero attached hydrogens (tertiary/aromatic N) is 2. The first-order chi connectivity index (χ1) is 6.83. The van der Waals surface area contributed by atoms with Gasteiger partial charge in [-0.05, 0) is 25.5 Å². The molecule has 0 aliphatic heterocycles. The van der Waals surface area contributed by atoms with Crippen molar-refractivity contribution in [2.24, 2.45) is 0 Å². The number of hydrogen-bond donors (Lipinski definition) is 1. The summed E-state index contributed by atoms with van der Waals surface area (Å²) in [4.78, 5) is 4.14. The number of imidazole rings is 1. The number of rotatable bonds is 3. The van der Waals surface area contributed by atoms with Crippen LogP contribution in [-0.2, 0) is 6.61 Å². The molecule has 0 bridgehead atoms. The highest BCUT2D eigenvalue weighted by Crippen LogP contribution is 2.35. The molecule has 0 amide bonds. The van der Waals surface area contributed by atoms with E-state index in [1.54, 1.807) is 0 Å². The third kappa shape index (κ3) is 1.96. The maximum atomic E-state index is 8.91. The minimum absolute atomic E-state index is 0.0473. The Bertz CT molecular complexity index is 300. The summed E-state index contributed by atoms with van der Waals surface area (Å²) in [6, 6.07) is 0.597. The van der Waals surface area contributed by atoms with Gasteiger partial charge in [-0.2, -0.15) is 11.8 Å². The summed E-state index contributed by atoms with van der Waals surface area (Å²) in [5, 5.41) is 9.72. The first kappa shape index (κ1) is 10.1. The molecule has 1 saturated carbocycles. The highest BCUT2D eigenvalue weighted by molar-refractivity contribution is 7.99. The zero-order valence-electron chi connectivity index (χ0n) is 8.39. The quantitative estimate of drug-likeness (QED) is 0.830. The fraction of sp³-hybridized carbons (Fsp3) is 0.700. The SMILES string of the molecule is CSC1CCC(n2cnc(CO)c2)C1. The molecule has 3 nitrogen and oxygen atoms in total. The Morgan fingerprint density at radius 2 is 2.50 bits per heavy atom. The molecule has 2 rings (SSSR count). The lowest BCUT2D eigenvalue weighted by Crippen LogP contribution is -2.03. The van der Waals surface area contributed by atoms with Crippen molar-refractivity contribution in [1.29, 1.82) is 0 Å². The van der Waals surface area contributed by atoms with Crippen molar-refractivity contribution in [3.8, 4) is 0 Å². The van der Waals surface area contributed by atoms with Gasteiger partial charge >= 0.3 is 0 Å². The van der Waals surface area contributed by atoms with Crippen LogP contribution in [0, 0.1) is 0 Å². The zero-order valence-corrected chi connectivity index (χ0v) is 9.20. The Morgan fingerprint density at radius 3 is 3.07 bits per heavy atom. The van der Waals surface area contributed by atoms with Gasteiger partial charge in [-0.1, -0.05) is 0 Å². The van der Waals surface area contributed by atoms with E-state index in [4.69, 9.17) is 5.11 Å². The summed E-state index contributed by atoms with van der Waals surface area (Å²) in [6.07, 6.45) is 9.78. The molecular formula is C10H16N2OS. The van der Waals surface area contributed by atoms with Gasteiger partial charge in [0.1, 0.15) is 0 Å². The smallest absolute Gasteiger partial charge is 0.0953 e. The minimum atomic E-state index is 0.0473. The van der Waals surface area contributed by atoms with Crippen molar-refractivity contribution < 1.29 is 5.11 Å². The van der Waals surface area contributed by atoms with E-state index < -0.39 is 0 Å². The first-order valence-corrected chi connectivity index (χ1v) is 6.28. The Balaban J connectivity index is 2.02. The Hall–Kier alpha value is -0.480. The van der Waals surface area contributed by atoms with Crippen LogP contribution < -0.4 is 0 Å². The fourth-order valence-electron chi connectivity index (χ4n) is 2.06. The second-order valence-electron chi connectivity index (χ2n) is 3.79. The van der Waals surface area contributed by atoms with E-state index >= 15 is 0 Å². The number of aliphatic hydroxyl groups is 1. The highest BCUT2D eigenvalue weighted by atomic mass is 32.2. The summed E-state index contributed by atoms with van der Waals surface area (Å²) >= 11 is 1.96. The number of thioether (sulfide) groups is 1. The standard InChI is InChI=1S/C10H16N2OS/c1-14-10-3-2-9(4-10)12-5-8(6-13)11-7-12/h5,7,9-10,13H,2-4,6H2,1H3. The van der Waals surface area contributed by atoms with E-state index in [9.17, 15) is 0 Å².